The number of aryl methyl sites for hydroxylation is 1. The third-order valence-corrected chi connectivity index (χ3v) is 9.19. The first-order valence-electron chi connectivity index (χ1n) is 12.3. The van der Waals surface area contributed by atoms with Gasteiger partial charge in [0.15, 0.2) is 0 Å². The summed E-state index contributed by atoms with van der Waals surface area (Å²) in [6, 6.07) is 4.73. The number of esters is 1. The highest BCUT2D eigenvalue weighted by Gasteiger charge is 2.47. The monoisotopic (exact) mass is 581 g/mol. The lowest BCUT2D eigenvalue weighted by atomic mass is 10.1. The van der Waals surface area contributed by atoms with Crippen molar-refractivity contribution in [3.8, 4) is 5.75 Å². The van der Waals surface area contributed by atoms with E-state index in [-0.39, 0.29) is 22.8 Å². The number of ether oxygens (including phenoxy) is 2. The first-order valence-corrected chi connectivity index (χ1v) is 14.8. The van der Waals surface area contributed by atoms with Crippen molar-refractivity contribution in [1.82, 2.24) is 24.7 Å². The first kappa shape index (κ1) is 30.4. The summed E-state index contributed by atoms with van der Waals surface area (Å²) in [5, 5.41) is 8.67. The highest BCUT2D eigenvalue weighted by Crippen LogP contribution is 2.31. The predicted molar refractivity (Wildman–Crippen MR) is 146 cm³/mol. The summed E-state index contributed by atoms with van der Waals surface area (Å²) in [7, 11) is -1.44. The van der Waals surface area contributed by atoms with Gasteiger partial charge in [0, 0.05) is 38.0 Å². The summed E-state index contributed by atoms with van der Waals surface area (Å²) < 4.78 is 39.3. The lowest BCUT2D eigenvalue weighted by molar-refractivity contribution is -0.155. The topological polar surface area (TPSA) is 151 Å². The number of hydrogen-bond acceptors (Lipinski definition) is 10. The van der Waals surface area contributed by atoms with Crippen LogP contribution in [0, 0.1) is 6.92 Å². The fourth-order valence-corrected chi connectivity index (χ4v) is 6.88. The van der Waals surface area contributed by atoms with Gasteiger partial charge in [0.25, 0.3) is 15.9 Å². The number of carbonyl (C=O) groups is 3. The molecule has 0 aliphatic carbocycles. The molecular weight excluding hydrogens is 546 g/mol. The number of amides is 2. The molecule has 0 spiro atoms. The number of sulfonamides is 1. The molecule has 1 aromatic carbocycles. The second-order valence-corrected chi connectivity index (χ2v) is 13.2. The molecule has 0 bridgehead atoms. The summed E-state index contributed by atoms with van der Waals surface area (Å²) in [5.41, 5.74) is 0.262. The fourth-order valence-electron chi connectivity index (χ4n) is 3.81. The predicted octanol–water partition coefficient (Wildman–Crippen LogP) is 2.30. The standard InChI is InChI=1S/C25H35N5O7S2/c1-15(2)36-23(32)19(12-17-8-10-18(11-9-17)37-24(33)29(6)7)30(22(31)21-27-25(4,5)14-38-21)39(34,35)20-13-26-28-16(20)3/h8-11,13,15,19,21,27H,12,14H2,1-7H3,(H,26,28)/t19-,21-/m0/s1. The minimum absolute atomic E-state index is 0.156. The number of nitrogens with zero attached hydrogens (tertiary/aromatic N) is 3. The largest absolute Gasteiger partial charge is 0.461 e. The van der Waals surface area contributed by atoms with E-state index < -0.39 is 51.1 Å². The Kier molecular flexibility index (Phi) is 9.34. The number of thioether (sulfide) groups is 1. The van der Waals surface area contributed by atoms with Gasteiger partial charge in [-0.05, 0) is 52.3 Å². The van der Waals surface area contributed by atoms with Crippen molar-refractivity contribution in [2.75, 3.05) is 19.8 Å². The van der Waals surface area contributed by atoms with E-state index in [9.17, 15) is 22.8 Å². The third kappa shape index (κ3) is 7.31. The maximum atomic E-state index is 14.0. The average Bonchev–Trinajstić information content (AvgIpc) is 3.44. The Morgan fingerprint density at radius 1 is 1.18 bits per heavy atom. The van der Waals surface area contributed by atoms with Crippen LogP contribution in [-0.4, -0.2) is 88.7 Å². The molecule has 2 atom stereocenters. The Morgan fingerprint density at radius 2 is 1.82 bits per heavy atom. The molecule has 0 saturated carbocycles. The van der Waals surface area contributed by atoms with Gasteiger partial charge in [0.05, 0.1) is 11.8 Å². The zero-order valence-corrected chi connectivity index (χ0v) is 24.7. The highest BCUT2D eigenvalue weighted by atomic mass is 32.2. The van der Waals surface area contributed by atoms with E-state index >= 15 is 0 Å². The number of nitrogens with one attached hydrogen (secondary N) is 2. The molecule has 1 aromatic heterocycles. The Hall–Kier alpha value is -3.10. The van der Waals surface area contributed by atoms with Crippen molar-refractivity contribution in [2.45, 2.75) is 69.0 Å². The molecule has 1 fully saturated rings. The average molecular weight is 582 g/mol. The summed E-state index contributed by atoms with van der Waals surface area (Å²) in [6.45, 7) is 8.58. The van der Waals surface area contributed by atoms with Gasteiger partial charge in [-0.3, -0.25) is 15.2 Å². The number of aromatic amines is 1. The number of hydrogen-bond donors (Lipinski definition) is 2. The van der Waals surface area contributed by atoms with E-state index in [4.69, 9.17) is 9.47 Å². The minimum Gasteiger partial charge on any atom is -0.461 e. The zero-order chi connectivity index (χ0) is 29.1. The van der Waals surface area contributed by atoms with Gasteiger partial charge in [0.1, 0.15) is 22.1 Å². The lowest BCUT2D eigenvalue weighted by Crippen LogP contribution is -2.56. The van der Waals surface area contributed by atoms with Crippen LogP contribution in [0.5, 0.6) is 5.75 Å². The Balaban J connectivity index is 2.05. The van der Waals surface area contributed by atoms with Gasteiger partial charge in [-0.2, -0.15) is 5.10 Å². The number of aromatic nitrogens is 2. The van der Waals surface area contributed by atoms with Crippen molar-refractivity contribution in [3.63, 3.8) is 0 Å². The molecule has 2 amide bonds. The molecular formula is C25H35N5O7S2. The summed E-state index contributed by atoms with van der Waals surface area (Å²) >= 11 is 1.27. The van der Waals surface area contributed by atoms with Crippen LogP contribution in [0.2, 0.25) is 0 Å². The number of rotatable bonds is 9. The van der Waals surface area contributed by atoms with Crippen LogP contribution in [0.3, 0.4) is 0 Å². The van der Waals surface area contributed by atoms with E-state index in [1.54, 1.807) is 40.1 Å². The fraction of sp³-hybridized carbons (Fsp3) is 0.520. The molecule has 3 rings (SSSR count). The number of H-pyrrole nitrogens is 1. The van der Waals surface area contributed by atoms with Crippen molar-refractivity contribution in [2.24, 2.45) is 0 Å². The molecule has 0 radical (unpaired) electrons. The maximum Gasteiger partial charge on any atom is 0.414 e. The summed E-state index contributed by atoms with van der Waals surface area (Å²) in [4.78, 5) is 40.3. The quantitative estimate of drug-likeness (QED) is 0.422. The molecule has 0 unspecified atom stereocenters. The molecule has 1 aliphatic rings. The van der Waals surface area contributed by atoms with Gasteiger partial charge in [0.2, 0.25) is 0 Å². The smallest absolute Gasteiger partial charge is 0.414 e. The van der Waals surface area contributed by atoms with E-state index in [0.717, 1.165) is 0 Å². The van der Waals surface area contributed by atoms with Crippen LogP contribution >= 0.6 is 11.8 Å². The minimum atomic E-state index is -4.54. The molecule has 1 saturated heterocycles. The van der Waals surface area contributed by atoms with Gasteiger partial charge >= 0.3 is 12.1 Å². The van der Waals surface area contributed by atoms with Crippen molar-refractivity contribution < 1.29 is 32.3 Å². The van der Waals surface area contributed by atoms with Crippen molar-refractivity contribution >= 4 is 39.8 Å². The van der Waals surface area contributed by atoms with Crippen LogP contribution < -0.4 is 10.1 Å². The Morgan fingerprint density at radius 3 is 2.31 bits per heavy atom. The molecule has 1 aliphatic heterocycles. The van der Waals surface area contributed by atoms with Gasteiger partial charge < -0.3 is 14.4 Å². The van der Waals surface area contributed by atoms with Crippen LogP contribution in [0.1, 0.15) is 39.0 Å². The molecule has 2 N–H and O–H groups in total. The van der Waals surface area contributed by atoms with Crippen LogP contribution in [0.25, 0.3) is 0 Å². The maximum absolute atomic E-state index is 14.0. The van der Waals surface area contributed by atoms with Gasteiger partial charge in [-0.25, -0.2) is 22.3 Å². The van der Waals surface area contributed by atoms with E-state index in [1.165, 1.54) is 41.9 Å². The third-order valence-electron chi connectivity index (χ3n) is 5.73. The number of benzene rings is 1. The van der Waals surface area contributed by atoms with Crippen molar-refractivity contribution in [3.05, 3.63) is 41.7 Å². The van der Waals surface area contributed by atoms with Crippen LogP contribution in [0.15, 0.2) is 35.4 Å². The highest BCUT2D eigenvalue weighted by molar-refractivity contribution is 8.01. The normalized spacial score (nSPS) is 17.5. The van der Waals surface area contributed by atoms with E-state index in [2.05, 4.69) is 15.5 Å². The Labute approximate surface area is 232 Å². The van der Waals surface area contributed by atoms with Gasteiger partial charge in [-0.15, -0.1) is 11.8 Å². The molecule has 12 nitrogen and oxygen atoms in total. The van der Waals surface area contributed by atoms with E-state index in [0.29, 0.717) is 15.6 Å². The summed E-state index contributed by atoms with van der Waals surface area (Å²) in [6.07, 6.45) is -0.108. The molecule has 2 aromatic rings. The molecule has 39 heavy (non-hydrogen) atoms. The van der Waals surface area contributed by atoms with E-state index in [1.807, 2.05) is 13.8 Å². The van der Waals surface area contributed by atoms with Crippen molar-refractivity contribution in [1.29, 1.82) is 0 Å². The zero-order valence-electron chi connectivity index (χ0n) is 23.0. The molecule has 2 heterocycles. The first-order chi connectivity index (χ1) is 18.1. The van der Waals surface area contributed by atoms with Crippen LogP contribution in [-0.2, 0) is 30.8 Å². The Bertz CT molecular complexity index is 1310. The lowest BCUT2D eigenvalue weighted by Gasteiger charge is -2.32. The second-order valence-electron chi connectivity index (χ2n) is 10.3. The SMILES string of the molecule is Cc1n[nH]cc1S(=O)(=O)N(C(=O)[C@H]1NC(C)(C)CS1)[C@@H](Cc1ccc(OC(=O)N(C)C)cc1)C(=O)OC(C)C. The van der Waals surface area contributed by atoms with Crippen LogP contribution in [0.4, 0.5) is 4.79 Å². The summed E-state index contributed by atoms with van der Waals surface area (Å²) in [5.74, 6) is -0.819. The second kappa shape index (κ2) is 12.0. The number of carbonyl (C=O) groups excluding carboxylic acids is 3. The molecule has 14 heteroatoms. The van der Waals surface area contributed by atoms with Gasteiger partial charge in [-0.1, -0.05) is 12.1 Å². The molecule has 214 valence electrons.